The van der Waals surface area contributed by atoms with E-state index in [1.165, 1.54) is 12.0 Å². The highest BCUT2D eigenvalue weighted by Crippen LogP contribution is 2.26. The highest BCUT2D eigenvalue weighted by Gasteiger charge is 2.12. The number of benzene rings is 1. The van der Waals surface area contributed by atoms with Crippen LogP contribution in [0.4, 0.5) is 0 Å². The highest BCUT2D eigenvalue weighted by molar-refractivity contribution is 9.10. The van der Waals surface area contributed by atoms with Crippen molar-refractivity contribution in [2.45, 2.75) is 46.1 Å². The summed E-state index contributed by atoms with van der Waals surface area (Å²) in [7, 11) is 1.73. The number of methoxy groups -OCH3 is 1. The molecule has 2 nitrogen and oxygen atoms in total. The second-order valence-corrected chi connectivity index (χ2v) is 7.15. The topological polar surface area (TPSA) is 21.3 Å². The van der Waals surface area contributed by atoms with Gasteiger partial charge in [0.05, 0.1) is 7.11 Å². The first-order valence-corrected chi connectivity index (χ1v) is 7.68. The van der Waals surface area contributed by atoms with Gasteiger partial charge in [0.2, 0.25) is 0 Å². The van der Waals surface area contributed by atoms with Gasteiger partial charge in [0.1, 0.15) is 5.75 Å². The van der Waals surface area contributed by atoms with E-state index in [9.17, 15) is 0 Å². The van der Waals surface area contributed by atoms with E-state index in [4.69, 9.17) is 4.74 Å². The van der Waals surface area contributed by atoms with E-state index in [2.05, 4.69) is 55.0 Å². The van der Waals surface area contributed by atoms with Crippen LogP contribution in [0.3, 0.4) is 0 Å². The predicted octanol–water partition coefficient (Wildman–Crippen LogP) is 4.41. The van der Waals surface area contributed by atoms with Crippen molar-refractivity contribution in [1.29, 1.82) is 0 Å². The Kier molecular flexibility index (Phi) is 6.34. The molecule has 1 aromatic rings. The average molecular weight is 328 g/mol. The molecule has 0 heterocycles. The first-order valence-electron chi connectivity index (χ1n) is 6.89. The van der Waals surface area contributed by atoms with Crippen molar-refractivity contribution in [2.75, 3.05) is 13.7 Å². The van der Waals surface area contributed by atoms with Gasteiger partial charge in [-0.05, 0) is 69.8 Å². The predicted molar refractivity (Wildman–Crippen MR) is 85.9 cm³/mol. The number of nitrogens with one attached hydrogen (secondary N) is 1. The number of ether oxygens (including phenoxy) is 1. The van der Waals surface area contributed by atoms with Crippen LogP contribution in [0.5, 0.6) is 5.75 Å². The SMILES string of the molecule is COc1ccc(Br)cc1CC(C)CCNC(C)(C)C. The second-order valence-electron chi connectivity index (χ2n) is 6.23. The summed E-state index contributed by atoms with van der Waals surface area (Å²) in [6.45, 7) is 9.96. The summed E-state index contributed by atoms with van der Waals surface area (Å²) < 4.78 is 6.54. The largest absolute Gasteiger partial charge is 0.496 e. The van der Waals surface area contributed by atoms with Crippen molar-refractivity contribution in [3.05, 3.63) is 28.2 Å². The smallest absolute Gasteiger partial charge is 0.122 e. The van der Waals surface area contributed by atoms with Gasteiger partial charge in [-0.15, -0.1) is 0 Å². The molecule has 1 atom stereocenters. The Morgan fingerprint density at radius 2 is 2.00 bits per heavy atom. The van der Waals surface area contributed by atoms with Crippen LogP contribution in [0, 0.1) is 5.92 Å². The first kappa shape index (κ1) is 16.5. The molecule has 1 aromatic carbocycles. The normalized spacial score (nSPS) is 13.4. The fourth-order valence-electron chi connectivity index (χ4n) is 2.08. The van der Waals surface area contributed by atoms with Crippen molar-refractivity contribution in [3.63, 3.8) is 0 Å². The summed E-state index contributed by atoms with van der Waals surface area (Å²) in [5, 5.41) is 3.54. The van der Waals surface area contributed by atoms with Crippen LogP contribution in [0.15, 0.2) is 22.7 Å². The van der Waals surface area contributed by atoms with Crippen molar-refractivity contribution >= 4 is 15.9 Å². The van der Waals surface area contributed by atoms with E-state index < -0.39 is 0 Å². The Balaban J connectivity index is 2.52. The van der Waals surface area contributed by atoms with Gasteiger partial charge in [0.25, 0.3) is 0 Å². The van der Waals surface area contributed by atoms with Crippen molar-refractivity contribution in [3.8, 4) is 5.75 Å². The Morgan fingerprint density at radius 1 is 1.32 bits per heavy atom. The van der Waals surface area contributed by atoms with Crippen molar-refractivity contribution in [1.82, 2.24) is 5.32 Å². The molecule has 0 saturated heterocycles. The fraction of sp³-hybridized carbons (Fsp3) is 0.625. The molecule has 0 aliphatic rings. The summed E-state index contributed by atoms with van der Waals surface area (Å²) in [5.74, 6) is 1.62. The van der Waals surface area contributed by atoms with E-state index in [1.54, 1.807) is 7.11 Å². The Labute approximate surface area is 126 Å². The van der Waals surface area contributed by atoms with Gasteiger partial charge in [-0.3, -0.25) is 0 Å². The fourth-order valence-corrected chi connectivity index (χ4v) is 2.49. The molecule has 0 aliphatic heterocycles. The molecule has 1 unspecified atom stereocenters. The van der Waals surface area contributed by atoms with Crippen LogP contribution in [-0.2, 0) is 6.42 Å². The van der Waals surface area contributed by atoms with Gasteiger partial charge in [-0.2, -0.15) is 0 Å². The molecule has 1 rings (SSSR count). The molecule has 1 N–H and O–H groups in total. The Bertz CT molecular complexity index is 398. The standard InChI is InChI=1S/C16H26BrNO/c1-12(8-9-18-16(2,3)4)10-13-11-14(17)6-7-15(13)19-5/h6-7,11-12,18H,8-10H2,1-5H3. The number of halogens is 1. The molecular formula is C16H26BrNO. The lowest BCUT2D eigenvalue weighted by molar-refractivity contribution is 0.385. The molecule has 0 bridgehead atoms. The monoisotopic (exact) mass is 327 g/mol. The van der Waals surface area contributed by atoms with Gasteiger partial charge in [-0.1, -0.05) is 22.9 Å². The van der Waals surface area contributed by atoms with Crippen LogP contribution in [0.2, 0.25) is 0 Å². The third-order valence-electron chi connectivity index (χ3n) is 3.10. The van der Waals surface area contributed by atoms with Gasteiger partial charge >= 0.3 is 0 Å². The lowest BCUT2D eigenvalue weighted by Crippen LogP contribution is -2.37. The zero-order valence-corrected chi connectivity index (χ0v) is 14.3. The quantitative estimate of drug-likeness (QED) is 0.835. The molecule has 0 saturated carbocycles. The highest BCUT2D eigenvalue weighted by atomic mass is 79.9. The minimum Gasteiger partial charge on any atom is -0.496 e. The van der Waals surface area contributed by atoms with Crippen LogP contribution in [0.25, 0.3) is 0 Å². The number of rotatable bonds is 6. The van der Waals surface area contributed by atoms with E-state index in [0.29, 0.717) is 5.92 Å². The van der Waals surface area contributed by atoms with Crippen LogP contribution in [0.1, 0.15) is 39.7 Å². The zero-order chi connectivity index (χ0) is 14.5. The molecule has 3 heteroatoms. The third-order valence-corrected chi connectivity index (χ3v) is 3.60. The van der Waals surface area contributed by atoms with E-state index in [0.717, 1.165) is 23.2 Å². The van der Waals surface area contributed by atoms with Gasteiger partial charge < -0.3 is 10.1 Å². The molecule has 108 valence electrons. The third kappa shape index (κ3) is 6.44. The molecular weight excluding hydrogens is 302 g/mol. The minimum absolute atomic E-state index is 0.202. The van der Waals surface area contributed by atoms with E-state index >= 15 is 0 Å². The van der Waals surface area contributed by atoms with E-state index in [1.807, 2.05) is 12.1 Å². The zero-order valence-electron chi connectivity index (χ0n) is 12.7. The molecule has 19 heavy (non-hydrogen) atoms. The molecule has 0 amide bonds. The molecule has 0 radical (unpaired) electrons. The van der Waals surface area contributed by atoms with E-state index in [-0.39, 0.29) is 5.54 Å². The van der Waals surface area contributed by atoms with Crippen LogP contribution in [-0.4, -0.2) is 19.2 Å². The lowest BCUT2D eigenvalue weighted by atomic mass is 9.97. The number of hydrogen-bond donors (Lipinski definition) is 1. The number of hydrogen-bond acceptors (Lipinski definition) is 2. The van der Waals surface area contributed by atoms with Gasteiger partial charge in [-0.25, -0.2) is 0 Å². The molecule has 0 spiro atoms. The second kappa shape index (κ2) is 7.30. The van der Waals surface area contributed by atoms with Crippen molar-refractivity contribution in [2.24, 2.45) is 5.92 Å². The Hall–Kier alpha value is -0.540. The maximum Gasteiger partial charge on any atom is 0.122 e. The minimum atomic E-state index is 0.202. The lowest BCUT2D eigenvalue weighted by Gasteiger charge is -2.22. The summed E-state index contributed by atoms with van der Waals surface area (Å²) >= 11 is 3.53. The summed E-state index contributed by atoms with van der Waals surface area (Å²) in [6.07, 6.45) is 2.22. The average Bonchev–Trinajstić information content (AvgIpc) is 2.27. The van der Waals surface area contributed by atoms with Crippen LogP contribution >= 0.6 is 15.9 Å². The van der Waals surface area contributed by atoms with Crippen molar-refractivity contribution < 1.29 is 4.74 Å². The van der Waals surface area contributed by atoms with Gasteiger partial charge in [0.15, 0.2) is 0 Å². The molecule has 0 aliphatic carbocycles. The summed E-state index contributed by atoms with van der Waals surface area (Å²) in [6, 6.07) is 6.21. The Morgan fingerprint density at radius 3 is 2.58 bits per heavy atom. The summed E-state index contributed by atoms with van der Waals surface area (Å²) in [5.41, 5.74) is 1.48. The molecule has 0 aromatic heterocycles. The maximum absolute atomic E-state index is 5.42. The summed E-state index contributed by atoms with van der Waals surface area (Å²) in [4.78, 5) is 0. The van der Waals surface area contributed by atoms with Crippen LogP contribution < -0.4 is 10.1 Å². The molecule has 0 fully saturated rings. The van der Waals surface area contributed by atoms with Gasteiger partial charge in [0, 0.05) is 10.0 Å². The first-order chi connectivity index (χ1) is 8.81. The maximum atomic E-state index is 5.42.